The standard InChI is InChI=1S/C26H36N4O3S/c1-28-14-16-30(17-15-28)20-21-8-6-10-23(18-21)27-26(31)22-9-7-13-25(19-22)34(32,33)29(2)24-11-4-3-5-12-24/h6-10,13,18-19,24H,3-5,11-12,14-17,20H2,1-2H3,(H,27,31). The number of sulfonamides is 1. The zero-order chi connectivity index (χ0) is 24.1. The molecule has 4 rings (SSSR count). The van der Waals surface area contributed by atoms with Crippen molar-refractivity contribution in [1.29, 1.82) is 0 Å². The Morgan fingerprint density at radius 2 is 1.71 bits per heavy atom. The van der Waals surface area contributed by atoms with Gasteiger partial charge < -0.3 is 10.2 Å². The number of rotatable bonds is 7. The molecule has 1 saturated carbocycles. The molecule has 0 atom stereocenters. The zero-order valence-corrected chi connectivity index (χ0v) is 21.1. The van der Waals surface area contributed by atoms with Gasteiger partial charge in [0.2, 0.25) is 10.0 Å². The summed E-state index contributed by atoms with van der Waals surface area (Å²) in [6.07, 6.45) is 5.05. The molecule has 34 heavy (non-hydrogen) atoms. The Kier molecular flexibility index (Phi) is 8.03. The fourth-order valence-electron chi connectivity index (χ4n) is 4.82. The molecule has 0 bridgehead atoms. The van der Waals surface area contributed by atoms with Gasteiger partial charge in [0.1, 0.15) is 0 Å². The lowest BCUT2D eigenvalue weighted by Crippen LogP contribution is -2.43. The van der Waals surface area contributed by atoms with Crippen molar-refractivity contribution in [1.82, 2.24) is 14.1 Å². The molecule has 1 saturated heterocycles. The molecule has 2 aliphatic rings. The Morgan fingerprint density at radius 3 is 2.44 bits per heavy atom. The molecular weight excluding hydrogens is 448 g/mol. The minimum atomic E-state index is -3.65. The fraction of sp³-hybridized carbons (Fsp3) is 0.500. The van der Waals surface area contributed by atoms with E-state index in [0.717, 1.165) is 70.4 Å². The lowest BCUT2D eigenvalue weighted by molar-refractivity contribution is 0.102. The van der Waals surface area contributed by atoms with Gasteiger partial charge in [0.25, 0.3) is 5.91 Å². The van der Waals surface area contributed by atoms with E-state index in [0.29, 0.717) is 11.3 Å². The first-order valence-corrected chi connectivity index (χ1v) is 13.7. The highest BCUT2D eigenvalue weighted by atomic mass is 32.2. The van der Waals surface area contributed by atoms with E-state index in [1.165, 1.54) is 10.4 Å². The molecule has 0 radical (unpaired) electrons. The third-order valence-electron chi connectivity index (χ3n) is 7.05. The van der Waals surface area contributed by atoms with Crippen LogP contribution in [0.4, 0.5) is 5.69 Å². The first-order valence-electron chi connectivity index (χ1n) is 12.2. The Morgan fingerprint density at radius 1 is 1.00 bits per heavy atom. The van der Waals surface area contributed by atoms with Crippen molar-refractivity contribution in [2.45, 2.75) is 49.6 Å². The number of benzene rings is 2. The number of piperazine rings is 1. The molecule has 1 aliphatic carbocycles. The topological polar surface area (TPSA) is 73.0 Å². The molecule has 1 aliphatic heterocycles. The Bertz CT molecular complexity index is 1090. The van der Waals surface area contributed by atoms with Crippen molar-refractivity contribution in [2.75, 3.05) is 45.6 Å². The van der Waals surface area contributed by atoms with Crippen molar-refractivity contribution >= 4 is 21.6 Å². The van der Waals surface area contributed by atoms with Gasteiger partial charge >= 0.3 is 0 Å². The van der Waals surface area contributed by atoms with Crippen LogP contribution in [0.3, 0.4) is 0 Å². The smallest absolute Gasteiger partial charge is 0.255 e. The number of amides is 1. The highest BCUT2D eigenvalue weighted by Gasteiger charge is 2.29. The fourth-order valence-corrected chi connectivity index (χ4v) is 6.28. The van der Waals surface area contributed by atoms with E-state index in [2.05, 4.69) is 28.2 Å². The van der Waals surface area contributed by atoms with Gasteiger partial charge in [-0.3, -0.25) is 9.69 Å². The molecular formula is C26H36N4O3S. The van der Waals surface area contributed by atoms with Gasteiger partial charge in [0, 0.05) is 57.1 Å². The Labute approximate surface area is 203 Å². The summed E-state index contributed by atoms with van der Waals surface area (Å²) in [6.45, 7) is 5.03. The van der Waals surface area contributed by atoms with Gasteiger partial charge in [-0.05, 0) is 55.8 Å². The van der Waals surface area contributed by atoms with Crippen molar-refractivity contribution in [3.8, 4) is 0 Å². The zero-order valence-electron chi connectivity index (χ0n) is 20.2. The van der Waals surface area contributed by atoms with Gasteiger partial charge in [0.15, 0.2) is 0 Å². The van der Waals surface area contributed by atoms with Crippen LogP contribution in [-0.2, 0) is 16.6 Å². The number of likely N-dealkylation sites (N-methyl/N-ethyl adjacent to an activating group) is 1. The maximum atomic E-state index is 13.2. The van der Waals surface area contributed by atoms with E-state index in [9.17, 15) is 13.2 Å². The van der Waals surface area contributed by atoms with E-state index in [4.69, 9.17) is 0 Å². The third-order valence-corrected chi connectivity index (χ3v) is 8.96. The van der Waals surface area contributed by atoms with Crippen LogP contribution in [0, 0.1) is 0 Å². The van der Waals surface area contributed by atoms with Crippen LogP contribution in [0.25, 0.3) is 0 Å². The monoisotopic (exact) mass is 484 g/mol. The van der Waals surface area contributed by atoms with Crippen LogP contribution in [0.5, 0.6) is 0 Å². The quantitative estimate of drug-likeness (QED) is 0.650. The van der Waals surface area contributed by atoms with E-state index >= 15 is 0 Å². The number of nitrogens with zero attached hydrogens (tertiary/aromatic N) is 3. The van der Waals surface area contributed by atoms with Crippen LogP contribution < -0.4 is 5.32 Å². The van der Waals surface area contributed by atoms with Crippen LogP contribution >= 0.6 is 0 Å². The van der Waals surface area contributed by atoms with E-state index in [1.807, 2.05) is 18.2 Å². The third kappa shape index (κ3) is 6.05. The van der Waals surface area contributed by atoms with Crippen LogP contribution in [0.1, 0.15) is 48.0 Å². The average Bonchev–Trinajstić information content (AvgIpc) is 2.86. The second-order valence-corrected chi connectivity index (χ2v) is 11.6. The van der Waals surface area contributed by atoms with Gasteiger partial charge in [-0.2, -0.15) is 4.31 Å². The molecule has 8 heteroatoms. The maximum absolute atomic E-state index is 13.2. The summed E-state index contributed by atoms with van der Waals surface area (Å²) in [5.74, 6) is -0.311. The molecule has 7 nitrogen and oxygen atoms in total. The molecule has 2 aromatic rings. The molecule has 184 valence electrons. The molecule has 1 amide bonds. The maximum Gasteiger partial charge on any atom is 0.255 e. The summed E-state index contributed by atoms with van der Waals surface area (Å²) in [5.41, 5.74) is 2.19. The second-order valence-electron chi connectivity index (χ2n) is 9.57. The van der Waals surface area contributed by atoms with E-state index in [1.54, 1.807) is 25.2 Å². The minimum absolute atomic E-state index is 0.0271. The first kappa shape index (κ1) is 24.9. The summed E-state index contributed by atoms with van der Waals surface area (Å²) in [7, 11) is 0.147. The molecule has 0 aromatic heterocycles. The molecule has 1 heterocycles. The normalized spacial score (nSPS) is 18.8. The number of hydrogen-bond donors (Lipinski definition) is 1. The largest absolute Gasteiger partial charge is 0.322 e. The van der Waals surface area contributed by atoms with E-state index in [-0.39, 0.29) is 16.8 Å². The molecule has 2 fully saturated rings. The first-order chi connectivity index (χ1) is 16.3. The van der Waals surface area contributed by atoms with Crippen LogP contribution in [-0.4, -0.2) is 74.7 Å². The van der Waals surface area contributed by atoms with Gasteiger partial charge in [-0.1, -0.05) is 37.5 Å². The number of anilines is 1. The second kappa shape index (κ2) is 11.0. The van der Waals surface area contributed by atoms with Crippen molar-refractivity contribution in [3.63, 3.8) is 0 Å². The summed E-state index contributed by atoms with van der Waals surface area (Å²) in [4.78, 5) is 17.9. The highest BCUT2D eigenvalue weighted by Crippen LogP contribution is 2.27. The summed E-state index contributed by atoms with van der Waals surface area (Å²) in [5, 5.41) is 2.94. The van der Waals surface area contributed by atoms with Crippen molar-refractivity contribution in [2.24, 2.45) is 0 Å². The summed E-state index contributed by atoms with van der Waals surface area (Å²) in [6, 6.07) is 14.3. The molecule has 1 N–H and O–H groups in total. The predicted molar refractivity (Wildman–Crippen MR) is 135 cm³/mol. The Balaban J connectivity index is 1.43. The Hall–Kier alpha value is -2.26. The molecule has 2 aromatic carbocycles. The van der Waals surface area contributed by atoms with Crippen LogP contribution in [0.15, 0.2) is 53.4 Å². The number of carbonyl (C=O) groups excluding carboxylic acids is 1. The summed E-state index contributed by atoms with van der Waals surface area (Å²) >= 11 is 0. The van der Waals surface area contributed by atoms with E-state index < -0.39 is 10.0 Å². The lowest BCUT2D eigenvalue weighted by atomic mass is 9.96. The SMILES string of the molecule is CN1CCN(Cc2cccc(NC(=O)c3cccc(S(=O)(=O)N(C)C4CCCCC4)c3)c2)CC1. The van der Waals surface area contributed by atoms with Gasteiger partial charge in [0.05, 0.1) is 4.90 Å². The number of carbonyl (C=O) groups is 1. The van der Waals surface area contributed by atoms with Crippen molar-refractivity contribution in [3.05, 3.63) is 59.7 Å². The number of nitrogens with one attached hydrogen (secondary N) is 1. The lowest BCUT2D eigenvalue weighted by Gasteiger charge is -2.32. The average molecular weight is 485 g/mol. The number of hydrogen-bond acceptors (Lipinski definition) is 5. The highest BCUT2D eigenvalue weighted by molar-refractivity contribution is 7.89. The van der Waals surface area contributed by atoms with Gasteiger partial charge in [-0.25, -0.2) is 8.42 Å². The van der Waals surface area contributed by atoms with Gasteiger partial charge in [-0.15, -0.1) is 0 Å². The minimum Gasteiger partial charge on any atom is -0.322 e. The van der Waals surface area contributed by atoms with Crippen LogP contribution in [0.2, 0.25) is 0 Å². The predicted octanol–water partition coefficient (Wildman–Crippen LogP) is 3.64. The summed E-state index contributed by atoms with van der Waals surface area (Å²) < 4.78 is 27.9. The van der Waals surface area contributed by atoms with Crippen molar-refractivity contribution < 1.29 is 13.2 Å². The molecule has 0 spiro atoms. The molecule has 0 unspecified atom stereocenters.